The maximum Gasteiger partial charge on any atom is 0.123 e. The summed E-state index contributed by atoms with van der Waals surface area (Å²) in [7, 11) is 0. The van der Waals surface area contributed by atoms with Gasteiger partial charge in [0, 0.05) is 23.8 Å². The third-order valence-electron chi connectivity index (χ3n) is 2.34. The summed E-state index contributed by atoms with van der Waals surface area (Å²) in [6.07, 6.45) is 1.77. The average molecular weight is 295 g/mol. The topological polar surface area (TPSA) is 24.9 Å². The van der Waals surface area contributed by atoms with Crippen LogP contribution in [0.5, 0.6) is 0 Å². The normalized spacial score (nSPS) is 10.5. The van der Waals surface area contributed by atoms with Crippen LogP contribution in [0.1, 0.15) is 11.3 Å². The van der Waals surface area contributed by atoms with Crippen LogP contribution in [0.3, 0.4) is 0 Å². The van der Waals surface area contributed by atoms with Gasteiger partial charge in [0.15, 0.2) is 0 Å². The molecular weight excluding hydrogens is 283 g/mol. The summed E-state index contributed by atoms with van der Waals surface area (Å²) in [5.74, 6) is -0.205. The molecule has 0 aliphatic heterocycles. The van der Waals surface area contributed by atoms with E-state index < -0.39 is 0 Å². The number of pyridine rings is 1. The van der Waals surface area contributed by atoms with E-state index in [4.69, 9.17) is 0 Å². The Morgan fingerprint density at radius 3 is 2.47 bits per heavy atom. The summed E-state index contributed by atoms with van der Waals surface area (Å²) in [6, 6.07) is 10.4. The Kier molecular flexibility index (Phi) is 4.23. The minimum atomic E-state index is -0.205. The standard InChI is InChI=1S/C13H12BrFN2/c14-11-3-6-13(17-8-11)9-16-7-10-1-4-12(15)5-2-10/h1-6,8,16H,7,9H2. The number of benzene rings is 1. The van der Waals surface area contributed by atoms with Crippen molar-refractivity contribution in [3.8, 4) is 0 Å². The molecule has 1 N–H and O–H groups in total. The summed E-state index contributed by atoms with van der Waals surface area (Å²) >= 11 is 3.34. The molecule has 0 bridgehead atoms. The van der Waals surface area contributed by atoms with Crippen LogP contribution in [-0.4, -0.2) is 4.98 Å². The smallest absolute Gasteiger partial charge is 0.123 e. The van der Waals surface area contributed by atoms with Gasteiger partial charge in [-0.25, -0.2) is 4.39 Å². The largest absolute Gasteiger partial charge is 0.307 e. The first-order valence-electron chi connectivity index (χ1n) is 5.29. The first-order chi connectivity index (χ1) is 8.24. The summed E-state index contributed by atoms with van der Waals surface area (Å²) in [5, 5.41) is 3.26. The monoisotopic (exact) mass is 294 g/mol. The zero-order valence-electron chi connectivity index (χ0n) is 9.16. The van der Waals surface area contributed by atoms with Gasteiger partial charge in [-0.3, -0.25) is 4.98 Å². The van der Waals surface area contributed by atoms with Crippen LogP contribution < -0.4 is 5.32 Å². The lowest BCUT2D eigenvalue weighted by Gasteiger charge is -2.04. The maximum atomic E-state index is 12.7. The predicted molar refractivity (Wildman–Crippen MR) is 68.9 cm³/mol. The Morgan fingerprint density at radius 2 is 1.82 bits per heavy atom. The van der Waals surface area contributed by atoms with Gasteiger partial charge in [0.05, 0.1) is 5.69 Å². The van der Waals surface area contributed by atoms with Crippen molar-refractivity contribution in [2.45, 2.75) is 13.1 Å². The summed E-state index contributed by atoms with van der Waals surface area (Å²) in [6.45, 7) is 1.41. The third kappa shape index (κ3) is 3.91. The van der Waals surface area contributed by atoms with Gasteiger partial charge in [0.1, 0.15) is 5.82 Å². The molecule has 2 aromatic rings. The molecule has 0 saturated carbocycles. The highest BCUT2D eigenvalue weighted by Gasteiger charge is 1.96. The lowest BCUT2D eigenvalue weighted by atomic mass is 10.2. The molecule has 0 aliphatic carbocycles. The number of hydrogen-bond donors (Lipinski definition) is 1. The second-order valence-electron chi connectivity index (χ2n) is 3.70. The molecule has 1 heterocycles. The highest BCUT2D eigenvalue weighted by atomic mass is 79.9. The van der Waals surface area contributed by atoms with E-state index in [9.17, 15) is 4.39 Å². The molecule has 1 aromatic heterocycles. The van der Waals surface area contributed by atoms with E-state index in [2.05, 4.69) is 26.2 Å². The van der Waals surface area contributed by atoms with Crippen LogP contribution in [0.15, 0.2) is 47.1 Å². The van der Waals surface area contributed by atoms with E-state index in [-0.39, 0.29) is 5.82 Å². The van der Waals surface area contributed by atoms with Gasteiger partial charge in [-0.05, 0) is 45.8 Å². The molecule has 2 nitrogen and oxygen atoms in total. The Bertz CT molecular complexity index is 422. The van der Waals surface area contributed by atoms with Crippen LogP contribution in [0.2, 0.25) is 0 Å². The number of nitrogens with zero attached hydrogens (tertiary/aromatic N) is 1. The van der Waals surface area contributed by atoms with Gasteiger partial charge in [-0.15, -0.1) is 0 Å². The number of halogens is 2. The minimum Gasteiger partial charge on any atom is -0.307 e. The molecule has 17 heavy (non-hydrogen) atoms. The average Bonchev–Trinajstić information content (AvgIpc) is 2.34. The third-order valence-corrected chi connectivity index (χ3v) is 2.81. The van der Waals surface area contributed by atoms with Crippen LogP contribution in [-0.2, 0) is 13.1 Å². The molecule has 0 aliphatic rings. The van der Waals surface area contributed by atoms with Gasteiger partial charge in [0.25, 0.3) is 0 Å². The van der Waals surface area contributed by atoms with Crippen molar-refractivity contribution >= 4 is 15.9 Å². The van der Waals surface area contributed by atoms with E-state index >= 15 is 0 Å². The fourth-order valence-corrected chi connectivity index (χ4v) is 1.68. The number of hydrogen-bond acceptors (Lipinski definition) is 2. The Balaban J connectivity index is 1.83. The zero-order chi connectivity index (χ0) is 12.1. The molecule has 0 fully saturated rings. The molecule has 0 unspecified atom stereocenters. The van der Waals surface area contributed by atoms with Gasteiger partial charge in [-0.1, -0.05) is 12.1 Å². The van der Waals surface area contributed by atoms with Crippen molar-refractivity contribution in [2.75, 3.05) is 0 Å². The molecule has 0 radical (unpaired) electrons. The summed E-state index contributed by atoms with van der Waals surface area (Å²) in [4.78, 5) is 4.25. The van der Waals surface area contributed by atoms with Crippen molar-refractivity contribution in [1.82, 2.24) is 10.3 Å². The predicted octanol–water partition coefficient (Wildman–Crippen LogP) is 3.27. The van der Waals surface area contributed by atoms with E-state index in [0.717, 1.165) is 15.7 Å². The SMILES string of the molecule is Fc1ccc(CNCc2ccc(Br)cn2)cc1. The van der Waals surface area contributed by atoms with Crippen molar-refractivity contribution in [2.24, 2.45) is 0 Å². The number of nitrogens with one attached hydrogen (secondary N) is 1. The fraction of sp³-hybridized carbons (Fsp3) is 0.154. The molecule has 88 valence electrons. The van der Waals surface area contributed by atoms with Gasteiger partial charge in [-0.2, -0.15) is 0 Å². The minimum absolute atomic E-state index is 0.205. The maximum absolute atomic E-state index is 12.7. The van der Waals surface area contributed by atoms with E-state index in [1.54, 1.807) is 18.3 Å². The fourth-order valence-electron chi connectivity index (χ4n) is 1.45. The van der Waals surface area contributed by atoms with Gasteiger partial charge < -0.3 is 5.32 Å². The first-order valence-corrected chi connectivity index (χ1v) is 6.09. The Morgan fingerprint density at radius 1 is 1.06 bits per heavy atom. The second-order valence-corrected chi connectivity index (χ2v) is 4.61. The van der Waals surface area contributed by atoms with Gasteiger partial charge in [0.2, 0.25) is 0 Å². The molecule has 4 heteroatoms. The highest BCUT2D eigenvalue weighted by Crippen LogP contribution is 2.07. The molecular formula is C13H12BrFN2. The van der Waals surface area contributed by atoms with Gasteiger partial charge >= 0.3 is 0 Å². The molecule has 0 saturated heterocycles. The molecule has 1 aromatic carbocycles. The number of aromatic nitrogens is 1. The molecule has 0 atom stereocenters. The van der Waals surface area contributed by atoms with E-state index in [0.29, 0.717) is 13.1 Å². The van der Waals surface area contributed by atoms with E-state index in [1.807, 2.05) is 12.1 Å². The molecule has 0 spiro atoms. The Labute approximate surface area is 108 Å². The van der Waals surface area contributed by atoms with Crippen LogP contribution in [0, 0.1) is 5.82 Å². The zero-order valence-corrected chi connectivity index (χ0v) is 10.7. The number of rotatable bonds is 4. The van der Waals surface area contributed by atoms with Crippen LogP contribution >= 0.6 is 15.9 Å². The molecule has 2 rings (SSSR count). The Hall–Kier alpha value is -1.26. The lowest BCUT2D eigenvalue weighted by molar-refractivity contribution is 0.624. The lowest BCUT2D eigenvalue weighted by Crippen LogP contribution is -2.13. The quantitative estimate of drug-likeness (QED) is 0.936. The van der Waals surface area contributed by atoms with Crippen LogP contribution in [0.25, 0.3) is 0 Å². The van der Waals surface area contributed by atoms with Crippen molar-refractivity contribution in [3.63, 3.8) is 0 Å². The van der Waals surface area contributed by atoms with Crippen LogP contribution in [0.4, 0.5) is 4.39 Å². The first kappa shape index (κ1) is 12.2. The molecule has 0 amide bonds. The van der Waals surface area contributed by atoms with Crippen molar-refractivity contribution in [1.29, 1.82) is 0 Å². The van der Waals surface area contributed by atoms with Crippen molar-refractivity contribution < 1.29 is 4.39 Å². The second kappa shape index (κ2) is 5.89. The van der Waals surface area contributed by atoms with E-state index in [1.165, 1.54) is 12.1 Å². The summed E-state index contributed by atoms with van der Waals surface area (Å²) < 4.78 is 13.6. The highest BCUT2D eigenvalue weighted by molar-refractivity contribution is 9.10. The summed E-state index contributed by atoms with van der Waals surface area (Å²) in [5.41, 5.74) is 2.04. The van der Waals surface area contributed by atoms with Crippen molar-refractivity contribution in [3.05, 3.63) is 64.1 Å².